The molecule has 1 aliphatic rings. The second-order valence-electron chi connectivity index (χ2n) is 14.7. The van der Waals surface area contributed by atoms with Crippen LogP contribution in [0.5, 0.6) is 11.5 Å². The van der Waals surface area contributed by atoms with E-state index in [1.54, 1.807) is 0 Å². The first kappa shape index (κ1) is 32.3. The Kier molecular flexibility index (Phi) is 8.04. The molecule has 258 valence electrons. The van der Waals surface area contributed by atoms with Crippen LogP contribution in [0.25, 0.3) is 49.9 Å². The zero-order valence-electron chi connectivity index (χ0n) is 30.1. The van der Waals surface area contributed by atoms with Gasteiger partial charge in [-0.1, -0.05) is 106 Å². The van der Waals surface area contributed by atoms with Crippen molar-refractivity contribution >= 4 is 33.2 Å². The van der Waals surface area contributed by atoms with Gasteiger partial charge in [-0.2, -0.15) is 0 Å². The van der Waals surface area contributed by atoms with E-state index in [1.165, 1.54) is 38.6 Å². The number of rotatable bonds is 7. The summed E-state index contributed by atoms with van der Waals surface area (Å²) >= 11 is 0. The van der Waals surface area contributed by atoms with Crippen LogP contribution in [0.2, 0.25) is 0 Å². The SMILES string of the molecule is CC(C)(C)c1ccnc(-n2c3ccccc3c3ccc(Oc4cccc(N5C=CN(c6cc(-c7ccccc7)cc(-c7ccccc7)c6)C5)c4)cc32)c1. The molecule has 0 radical (unpaired) electrons. The number of anilines is 2. The van der Waals surface area contributed by atoms with Crippen molar-refractivity contribution in [3.05, 3.63) is 182 Å². The second kappa shape index (κ2) is 13.2. The monoisotopic (exact) mass is 688 g/mol. The van der Waals surface area contributed by atoms with E-state index < -0.39 is 0 Å². The molecule has 9 rings (SSSR count). The summed E-state index contributed by atoms with van der Waals surface area (Å²) < 4.78 is 8.85. The van der Waals surface area contributed by atoms with Crippen molar-refractivity contribution in [2.75, 3.05) is 16.5 Å². The third-order valence-corrected chi connectivity index (χ3v) is 10.1. The van der Waals surface area contributed by atoms with Crippen LogP contribution in [0.1, 0.15) is 26.3 Å². The summed E-state index contributed by atoms with van der Waals surface area (Å²) in [6, 6.07) is 55.5. The normalized spacial score (nSPS) is 13.0. The van der Waals surface area contributed by atoms with Crippen LogP contribution in [0.15, 0.2) is 176 Å². The molecule has 0 spiro atoms. The molecule has 0 saturated heterocycles. The molecule has 1 aliphatic heterocycles. The van der Waals surface area contributed by atoms with Gasteiger partial charge in [0, 0.05) is 52.9 Å². The number of hydrogen-bond donors (Lipinski definition) is 0. The number of nitrogens with zero attached hydrogens (tertiary/aromatic N) is 4. The summed E-state index contributed by atoms with van der Waals surface area (Å²) in [6.07, 6.45) is 6.21. The van der Waals surface area contributed by atoms with Gasteiger partial charge in [-0.15, -0.1) is 0 Å². The first-order valence-corrected chi connectivity index (χ1v) is 18.1. The summed E-state index contributed by atoms with van der Waals surface area (Å²) in [6.45, 7) is 7.39. The van der Waals surface area contributed by atoms with Crippen molar-refractivity contribution in [1.29, 1.82) is 0 Å². The van der Waals surface area contributed by atoms with Crippen molar-refractivity contribution < 1.29 is 4.74 Å². The third kappa shape index (κ3) is 6.31. The highest BCUT2D eigenvalue weighted by Crippen LogP contribution is 2.38. The molecule has 53 heavy (non-hydrogen) atoms. The molecule has 3 heterocycles. The van der Waals surface area contributed by atoms with Gasteiger partial charge in [-0.25, -0.2) is 4.98 Å². The lowest BCUT2D eigenvalue weighted by Crippen LogP contribution is -2.24. The van der Waals surface area contributed by atoms with Gasteiger partial charge in [0.1, 0.15) is 17.3 Å². The number of para-hydroxylation sites is 1. The number of ether oxygens (including phenoxy) is 1. The van der Waals surface area contributed by atoms with Gasteiger partial charge in [-0.05, 0) is 93.9 Å². The van der Waals surface area contributed by atoms with Crippen LogP contribution >= 0.6 is 0 Å². The lowest BCUT2D eigenvalue weighted by molar-refractivity contribution is 0.483. The van der Waals surface area contributed by atoms with E-state index in [0.29, 0.717) is 6.67 Å². The van der Waals surface area contributed by atoms with Crippen LogP contribution in [0, 0.1) is 0 Å². The van der Waals surface area contributed by atoms with Crippen molar-refractivity contribution in [3.63, 3.8) is 0 Å². The van der Waals surface area contributed by atoms with Gasteiger partial charge in [0.2, 0.25) is 0 Å². The van der Waals surface area contributed by atoms with E-state index in [0.717, 1.165) is 39.7 Å². The van der Waals surface area contributed by atoms with Gasteiger partial charge in [-0.3, -0.25) is 4.57 Å². The third-order valence-electron chi connectivity index (χ3n) is 10.1. The fourth-order valence-corrected chi connectivity index (χ4v) is 7.26. The lowest BCUT2D eigenvalue weighted by Gasteiger charge is -2.23. The second-order valence-corrected chi connectivity index (χ2v) is 14.7. The molecule has 0 unspecified atom stereocenters. The summed E-state index contributed by atoms with van der Waals surface area (Å²) in [7, 11) is 0. The number of aromatic nitrogens is 2. The minimum absolute atomic E-state index is 0.00853. The van der Waals surface area contributed by atoms with Gasteiger partial charge in [0.25, 0.3) is 0 Å². The number of pyridine rings is 1. The van der Waals surface area contributed by atoms with Crippen LogP contribution in [0.3, 0.4) is 0 Å². The molecule has 6 aromatic carbocycles. The van der Waals surface area contributed by atoms with Crippen LogP contribution in [0.4, 0.5) is 11.4 Å². The minimum Gasteiger partial charge on any atom is -0.457 e. The topological polar surface area (TPSA) is 33.5 Å². The Morgan fingerprint density at radius 3 is 1.87 bits per heavy atom. The largest absolute Gasteiger partial charge is 0.457 e. The van der Waals surface area contributed by atoms with Crippen molar-refractivity contribution in [2.24, 2.45) is 0 Å². The zero-order chi connectivity index (χ0) is 35.9. The zero-order valence-corrected chi connectivity index (χ0v) is 30.1. The molecule has 0 atom stereocenters. The standard InChI is InChI=1S/C48H40N4O/c1-48(2,3)38-23-24-49-47(30-38)52-45-20-11-10-19-43(45)44-22-21-42(32-46(44)52)53-41-18-12-17-39(31-41)50-25-26-51(33-50)40-28-36(34-13-6-4-7-14-34)27-37(29-40)35-15-8-5-9-16-35/h4-32H,33H2,1-3H3. The van der Waals surface area contributed by atoms with E-state index in [1.807, 2.05) is 12.3 Å². The van der Waals surface area contributed by atoms with Gasteiger partial charge in [0.05, 0.1) is 17.7 Å². The fourth-order valence-electron chi connectivity index (χ4n) is 7.26. The van der Waals surface area contributed by atoms with E-state index in [-0.39, 0.29) is 5.41 Å². The predicted octanol–water partition coefficient (Wildman–Crippen LogP) is 12.4. The van der Waals surface area contributed by atoms with E-state index >= 15 is 0 Å². The van der Waals surface area contributed by atoms with Gasteiger partial charge >= 0.3 is 0 Å². The van der Waals surface area contributed by atoms with E-state index in [2.05, 4.69) is 199 Å². The molecular formula is C48H40N4O. The van der Waals surface area contributed by atoms with Crippen molar-refractivity contribution in [1.82, 2.24) is 9.55 Å². The maximum Gasteiger partial charge on any atom is 0.137 e. The lowest BCUT2D eigenvalue weighted by atomic mass is 9.88. The van der Waals surface area contributed by atoms with E-state index in [9.17, 15) is 0 Å². The molecule has 2 aromatic heterocycles. The summed E-state index contributed by atoms with van der Waals surface area (Å²) in [4.78, 5) is 9.38. The average Bonchev–Trinajstić information content (AvgIpc) is 3.82. The molecule has 0 amide bonds. The minimum atomic E-state index is 0.00853. The molecular weight excluding hydrogens is 649 g/mol. The molecule has 0 N–H and O–H groups in total. The molecule has 5 nitrogen and oxygen atoms in total. The highest BCUT2D eigenvalue weighted by atomic mass is 16.5. The number of hydrogen-bond acceptors (Lipinski definition) is 4. The molecule has 0 aliphatic carbocycles. The summed E-state index contributed by atoms with van der Waals surface area (Å²) in [5.74, 6) is 2.45. The quantitative estimate of drug-likeness (QED) is 0.167. The molecule has 0 fully saturated rings. The highest BCUT2D eigenvalue weighted by Gasteiger charge is 2.20. The molecule has 8 aromatic rings. The van der Waals surface area contributed by atoms with Crippen molar-refractivity contribution in [3.8, 4) is 39.6 Å². The average molecular weight is 689 g/mol. The Morgan fingerprint density at radius 1 is 0.509 bits per heavy atom. The van der Waals surface area contributed by atoms with Gasteiger partial charge < -0.3 is 14.5 Å². The van der Waals surface area contributed by atoms with E-state index in [4.69, 9.17) is 9.72 Å². The Hall–Kier alpha value is -6.59. The molecule has 5 heteroatoms. The van der Waals surface area contributed by atoms with Crippen LogP contribution < -0.4 is 14.5 Å². The Bertz CT molecular complexity index is 2560. The summed E-state index contributed by atoms with van der Waals surface area (Å²) in [5, 5.41) is 2.35. The maximum absolute atomic E-state index is 6.59. The Labute approximate surface area is 310 Å². The van der Waals surface area contributed by atoms with Gasteiger partial charge in [0.15, 0.2) is 0 Å². The first-order valence-electron chi connectivity index (χ1n) is 18.1. The Morgan fingerprint density at radius 2 is 1.15 bits per heavy atom. The summed E-state index contributed by atoms with van der Waals surface area (Å²) in [5.41, 5.74) is 10.4. The smallest absolute Gasteiger partial charge is 0.137 e. The molecule has 0 bridgehead atoms. The highest BCUT2D eigenvalue weighted by molar-refractivity contribution is 6.09. The maximum atomic E-state index is 6.59. The predicted molar refractivity (Wildman–Crippen MR) is 220 cm³/mol. The van der Waals surface area contributed by atoms with Crippen molar-refractivity contribution in [2.45, 2.75) is 26.2 Å². The number of benzene rings is 6. The fraction of sp³-hybridized carbons (Fsp3) is 0.104. The van der Waals surface area contributed by atoms with Crippen LogP contribution in [-0.4, -0.2) is 16.2 Å². The molecule has 0 saturated carbocycles. The Balaban J connectivity index is 1.01. The first-order chi connectivity index (χ1) is 25.9. The van der Waals surface area contributed by atoms with Crippen LogP contribution in [-0.2, 0) is 5.41 Å². The number of fused-ring (bicyclic) bond motifs is 3.